The van der Waals surface area contributed by atoms with Crippen molar-refractivity contribution < 1.29 is 19.0 Å². The molecule has 0 aliphatic rings. The van der Waals surface area contributed by atoms with Gasteiger partial charge in [-0.1, -0.05) is 41.5 Å². The molecule has 1 aromatic rings. The Morgan fingerprint density at radius 2 is 1.82 bits per heavy atom. The summed E-state index contributed by atoms with van der Waals surface area (Å²) in [5, 5.41) is 3.14. The fourth-order valence-electron chi connectivity index (χ4n) is 2.58. The fourth-order valence-corrected chi connectivity index (χ4v) is 4.36. The van der Waals surface area contributed by atoms with Gasteiger partial charge in [-0.25, -0.2) is 0 Å². The number of hydrogen-bond donors (Lipinski definition) is 2. The minimum Gasteiger partial charge on any atom is -0.484 e. The molecule has 1 amide bonds. The van der Waals surface area contributed by atoms with E-state index < -0.39 is 0 Å². The van der Waals surface area contributed by atoms with Gasteiger partial charge < -0.3 is 25.3 Å². The highest BCUT2D eigenvalue weighted by Crippen LogP contribution is 2.40. The van der Waals surface area contributed by atoms with Gasteiger partial charge in [0.2, 0.25) is 0 Å². The zero-order valence-corrected chi connectivity index (χ0v) is 19.0. The van der Waals surface area contributed by atoms with Crippen LogP contribution in [-0.4, -0.2) is 58.3 Å². The van der Waals surface area contributed by atoms with E-state index in [-0.39, 0.29) is 12.5 Å². The zero-order valence-electron chi connectivity index (χ0n) is 17.4. The summed E-state index contributed by atoms with van der Waals surface area (Å²) >= 11 is 0. The van der Waals surface area contributed by atoms with Crippen molar-refractivity contribution in [3.05, 3.63) is 29.3 Å². The summed E-state index contributed by atoms with van der Waals surface area (Å²) in [5.41, 5.74) is 7.90. The topological polar surface area (TPSA) is 82.8 Å². The Balaban J connectivity index is 2.39. The van der Waals surface area contributed by atoms with Crippen LogP contribution in [0.4, 0.5) is 0 Å². The molecule has 6 nitrogen and oxygen atoms in total. The molecule has 0 saturated carbocycles. The number of rotatable bonds is 15. The molecular weight excluding hydrogens is 396 g/mol. The molecule has 3 N–H and O–H groups in total. The number of benzene rings is 1. The zero-order chi connectivity index (χ0) is 20.8. The highest BCUT2D eigenvalue weighted by atomic mass is 33.1. The van der Waals surface area contributed by atoms with Crippen LogP contribution in [0.15, 0.2) is 18.2 Å². The predicted molar refractivity (Wildman–Crippen MR) is 119 cm³/mol. The Bertz CT molecular complexity index is 573. The molecule has 0 radical (unpaired) electrons. The quantitative estimate of drug-likeness (QED) is 0.326. The van der Waals surface area contributed by atoms with Gasteiger partial charge in [0.15, 0.2) is 6.61 Å². The summed E-state index contributed by atoms with van der Waals surface area (Å²) in [7, 11) is 3.58. The monoisotopic (exact) mass is 430 g/mol. The van der Waals surface area contributed by atoms with Gasteiger partial charge in [0.25, 0.3) is 5.91 Å². The molecule has 1 rings (SSSR count). The Morgan fingerprint density at radius 3 is 2.46 bits per heavy atom. The molecule has 1 aromatic carbocycles. The van der Waals surface area contributed by atoms with E-state index in [1.54, 1.807) is 10.8 Å². The van der Waals surface area contributed by atoms with E-state index in [0.717, 1.165) is 5.75 Å². The summed E-state index contributed by atoms with van der Waals surface area (Å²) in [6.07, 6.45) is 2.08. The highest BCUT2D eigenvalue weighted by molar-refractivity contribution is 8.76. The Morgan fingerprint density at radius 1 is 1.11 bits per heavy atom. The van der Waals surface area contributed by atoms with Crippen LogP contribution < -0.4 is 15.8 Å². The Hall–Kier alpha value is -0.930. The van der Waals surface area contributed by atoms with E-state index in [2.05, 4.69) is 44.5 Å². The number of nitrogens with one attached hydrogen (secondary N) is 1. The minimum atomic E-state index is -0.163. The van der Waals surface area contributed by atoms with Crippen molar-refractivity contribution >= 4 is 27.5 Å². The van der Waals surface area contributed by atoms with Crippen LogP contribution in [0.25, 0.3) is 0 Å². The average Bonchev–Trinajstić information content (AvgIpc) is 2.68. The molecule has 28 heavy (non-hydrogen) atoms. The maximum atomic E-state index is 11.9. The molecule has 0 fully saturated rings. The molecule has 1 unspecified atom stereocenters. The lowest BCUT2D eigenvalue weighted by Gasteiger charge is -2.19. The molecular formula is C20H34N2O4S2. The number of hydrogen-bond acceptors (Lipinski definition) is 7. The summed E-state index contributed by atoms with van der Waals surface area (Å²) in [4.78, 5) is 11.9. The number of carbonyl (C=O) groups is 1. The molecule has 0 aliphatic carbocycles. The predicted octanol–water partition coefficient (Wildman–Crippen LogP) is 3.37. The van der Waals surface area contributed by atoms with Crippen LogP contribution in [0, 0.1) is 0 Å². The number of nitrogens with two attached hydrogens (primary N) is 1. The second-order valence-corrected chi connectivity index (χ2v) is 9.31. The standard InChI is InChI=1S/C20H34N2O4S2/c1-15(2)18-6-5-17(13-19(18)16(3)28-27-4)26-14-20(23)22-8-10-25-12-11-24-9-7-21/h5-6,13,15-16H,7-12,14,21H2,1-4H3,(H,22,23). The third kappa shape index (κ3) is 10.0. The smallest absolute Gasteiger partial charge is 0.258 e. The molecule has 1 atom stereocenters. The van der Waals surface area contributed by atoms with Crippen molar-refractivity contribution in [3.63, 3.8) is 0 Å². The highest BCUT2D eigenvalue weighted by Gasteiger charge is 2.15. The first-order valence-corrected chi connectivity index (χ1v) is 12.2. The van der Waals surface area contributed by atoms with Gasteiger partial charge in [-0.05, 0) is 42.4 Å². The van der Waals surface area contributed by atoms with Gasteiger partial charge in [-0.2, -0.15) is 0 Å². The van der Waals surface area contributed by atoms with Crippen LogP contribution in [0.2, 0.25) is 0 Å². The van der Waals surface area contributed by atoms with Gasteiger partial charge in [0.05, 0.1) is 26.4 Å². The summed E-state index contributed by atoms with van der Waals surface area (Å²) in [6, 6.07) is 6.10. The van der Waals surface area contributed by atoms with Gasteiger partial charge in [0, 0.05) is 18.3 Å². The van der Waals surface area contributed by atoms with Crippen LogP contribution >= 0.6 is 21.6 Å². The average molecular weight is 431 g/mol. The van der Waals surface area contributed by atoms with Crippen molar-refractivity contribution in [1.29, 1.82) is 0 Å². The minimum absolute atomic E-state index is 0.00979. The molecule has 160 valence electrons. The van der Waals surface area contributed by atoms with Gasteiger partial charge in [0.1, 0.15) is 5.75 Å². The molecule has 0 heterocycles. The van der Waals surface area contributed by atoms with Gasteiger partial charge >= 0.3 is 0 Å². The Kier molecular flexibility index (Phi) is 13.4. The molecule has 8 heteroatoms. The van der Waals surface area contributed by atoms with E-state index >= 15 is 0 Å². The van der Waals surface area contributed by atoms with Crippen molar-refractivity contribution in [3.8, 4) is 5.75 Å². The first-order valence-electron chi connectivity index (χ1n) is 9.58. The number of amides is 1. The van der Waals surface area contributed by atoms with Crippen LogP contribution in [0.3, 0.4) is 0 Å². The summed E-state index contributed by atoms with van der Waals surface area (Å²) in [6.45, 7) is 9.49. The molecule has 0 bridgehead atoms. The number of carbonyl (C=O) groups excluding carboxylic acids is 1. The van der Waals surface area contributed by atoms with Gasteiger partial charge in [-0.15, -0.1) is 0 Å². The van der Waals surface area contributed by atoms with E-state index in [9.17, 15) is 4.79 Å². The lowest BCUT2D eigenvalue weighted by Crippen LogP contribution is -2.32. The first kappa shape index (κ1) is 25.1. The number of ether oxygens (including phenoxy) is 3. The van der Waals surface area contributed by atoms with Crippen molar-refractivity contribution in [2.24, 2.45) is 5.73 Å². The lowest BCUT2D eigenvalue weighted by atomic mass is 9.95. The first-order chi connectivity index (χ1) is 13.5. The maximum Gasteiger partial charge on any atom is 0.258 e. The molecule has 0 aliphatic heterocycles. The van der Waals surface area contributed by atoms with E-state index in [4.69, 9.17) is 19.9 Å². The largest absolute Gasteiger partial charge is 0.484 e. The van der Waals surface area contributed by atoms with Crippen molar-refractivity contribution in [1.82, 2.24) is 5.32 Å². The lowest BCUT2D eigenvalue weighted by molar-refractivity contribution is -0.123. The maximum absolute atomic E-state index is 11.9. The Labute approximate surface area is 177 Å². The van der Waals surface area contributed by atoms with Crippen LogP contribution in [0.5, 0.6) is 5.75 Å². The fraction of sp³-hybridized carbons (Fsp3) is 0.650. The normalized spacial score (nSPS) is 12.2. The van der Waals surface area contributed by atoms with Crippen LogP contribution in [-0.2, 0) is 14.3 Å². The third-order valence-electron chi connectivity index (χ3n) is 3.93. The van der Waals surface area contributed by atoms with E-state index in [0.29, 0.717) is 50.7 Å². The molecule has 0 saturated heterocycles. The second kappa shape index (κ2) is 15.0. The van der Waals surface area contributed by atoms with Crippen molar-refractivity contribution in [2.75, 3.05) is 52.4 Å². The van der Waals surface area contributed by atoms with E-state index in [1.165, 1.54) is 11.1 Å². The van der Waals surface area contributed by atoms with Crippen molar-refractivity contribution in [2.45, 2.75) is 31.9 Å². The molecule has 0 spiro atoms. The SMILES string of the molecule is CSSC(C)c1cc(OCC(=O)NCCOCCOCCN)ccc1C(C)C. The van der Waals surface area contributed by atoms with Gasteiger partial charge in [-0.3, -0.25) is 4.79 Å². The third-order valence-corrected chi connectivity index (χ3v) is 6.11. The summed E-state index contributed by atoms with van der Waals surface area (Å²) < 4.78 is 16.3. The summed E-state index contributed by atoms with van der Waals surface area (Å²) in [5.74, 6) is 0.998. The second-order valence-electron chi connectivity index (χ2n) is 6.50. The molecule has 0 aromatic heterocycles. The van der Waals surface area contributed by atoms with Crippen LogP contribution in [0.1, 0.15) is 43.1 Å². The van der Waals surface area contributed by atoms with E-state index in [1.807, 2.05) is 16.9 Å².